The maximum absolute atomic E-state index is 11.7. The zero-order chi connectivity index (χ0) is 11.5. The van der Waals surface area contributed by atoms with Gasteiger partial charge in [-0.25, -0.2) is 0 Å². The molecule has 0 bridgehead atoms. The molecule has 0 fully saturated rings. The highest BCUT2D eigenvalue weighted by molar-refractivity contribution is 7.84. The summed E-state index contributed by atoms with van der Waals surface area (Å²) in [7, 11) is -0.932. The highest BCUT2D eigenvalue weighted by atomic mass is 35.5. The van der Waals surface area contributed by atoms with Gasteiger partial charge >= 0.3 is 0 Å². The zero-order valence-corrected chi connectivity index (χ0v) is 10.6. The van der Waals surface area contributed by atoms with E-state index in [9.17, 15) is 4.21 Å². The summed E-state index contributed by atoms with van der Waals surface area (Å²) in [5, 5.41) is 0.677. The average molecular weight is 246 g/mol. The van der Waals surface area contributed by atoms with Crippen molar-refractivity contribution in [2.24, 2.45) is 5.73 Å². The first kappa shape index (κ1) is 12.7. The molecule has 4 heteroatoms. The monoisotopic (exact) mass is 245 g/mol. The van der Waals surface area contributed by atoms with Gasteiger partial charge in [0.2, 0.25) is 0 Å². The molecule has 0 aliphatic heterocycles. The smallest absolute Gasteiger partial charge is 0.0486 e. The van der Waals surface area contributed by atoms with E-state index in [-0.39, 0.29) is 5.54 Å². The summed E-state index contributed by atoms with van der Waals surface area (Å²) in [6, 6.07) is 7.43. The lowest BCUT2D eigenvalue weighted by Gasteiger charge is -2.17. The third kappa shape index (κ3) is 5.30. The molecule has 0 spiro atoms. The lowest BCUT2D eigenvalue weighted by atomic mass is 10.1. The van der Waals surface area contributed by atoms with Gasteiger partial charge in [-0.05, 0) is 31.5 Å². The number of hydrogen-bond donors (Lipinski definition) is 1. The third-order valence-corrected chi connectivity index (χ3v) is 3.71. The minimum absolute atomic E-state index is 0.385. The van der Waals surface area contributed by atoms with Crippen LogP contribution in [0.4, 0.5) is 0 Å². The van der Waals surface area contributed by atoms with Crippen LogP contribution in [0.15, 0.2) is 24.3 Å². The van der Waals surface area contributed by atoms with Crippen molar-refractivity contribution >= 4 is 22.4 Å². The van der Waals surface area contributed by atoms with Gasteiger partial charge < -0.3 is 5.73 Å². The molecule has 0 aromatic heterocycles. The topological polar surface area (TPSA) is 43.1 Å². The Bertz CT molecular complexity index is 360. The van der Waals surface area contributed by atoms with E-state index in [1.807, 2.05) is 32.0 Å². The molecule has 0 amide bonds. The highest BCUT2D eigenvalue weighted by Crippen LogP contribution is 2.13. The predicted octanol–water partition coefficient (Wildman–Crippen LogP) is 2.33. The largest absolute Gasteiger partial charge is 0.325 e. The molecular formula is C11H16ClNOS. The Morgan fingerprint density at radius 3 is 2.67 bits per heavy atom. The summed E-state index contributed by atoms with van der Waals surface area (Å²) >= 11 is 5.84. The first-order valence-electron chi connectivity index (χ1n) is 4.75. The number of hydrogen-bond acceptors (Lipinski definition) is 2. The molecule has 1 atom stereocenters. The van der Waals surface area contributed by atoms with E-state index in [1.54, 1.807) is 6.07 Å². The fourth-order valence-corrected chi connectivity index (χ4v) is 2.97. The van der Waals surface area contributed by atoms with Crippen molar-refractivity contribution in [1.29, 1.82) is 0 Å². The van der Waals surface area contributed by atoms with Crippen LogP contribution in [0, 0.1) is 0 Å². The molecule has 15 heavy (non-hydrogen) atoms. The van der Waals surface area contributed by atoms with Crippen LogP contribution >= 0.6 is 11.6 Å². The summed E-state index contributed by atoms with van der Waals surface area (Å²) in [5.74, 6) is 1.01. The molecule has 2 nitrogen and oxygen atoms in total. The van der Waals surface area contributed by atoms with Gasteiger partial charge in [0.05, 0.1) is 0 Å². The molecule has 84 valence electrons. The van der Waals surface area contributed by atoms with E-state index in [4.69, 9.17) is 17.3 Å². The van der Waals surface area contributed by atoms with Crippen LogP contribution in [-0.2, 0) is 16.6 Å². The molecule has 0 aliphatic rings. The van der Waals surface area contributed by atoms with Crippen LogP contribution in [0.3, 0.4) is 0 Å². The van der Waals surface area contributed by atoms with Gasteiger partial charge in [-0.3, -0.25) is 4.21 Å². The van der Waals surface area contributed by atoms with Gasteiger partial charge in [0.1, 0.15) is 0 Å². The summed E-state index contributed by atoms with van der Waals surface area (Å²) < 4.78 is 11.7. The molecule has 0 saturated carbocycles. The lowest BCUT2D eigenvalue weighted by Crippen LogP contribution is -2.38. The molecule has 1 unspecified atom stereocenters. The Kier molecular flexibility index (Phi) is 4.32. The van der Waals surface area contributed by atoms with Crippen molar-refractivity contribution in [3.8, 4) is 0 Å². The van der Waals surface area contributed by atoms with E-state index >= 15 is 0 Å². The Labute approximate surface area is 98.3 Å². The minimum Gasteiger partial charge on any atom is -0.325 e. The molecule has 0 radical (unpaired) electrons. The first-order chi connectivity index (χ1) is 6.87. The van der Waals surface area contributed by atoms with Gasteiger partial charge in [-0.2, -0.15) is 0 Å². The number of nitrogens with two attached hydrogens (primary N) is 1. The second-order valence-electron chi connectivity index (χ2n) is 4.35. The Morgan fingerprint density at radius 2 is 2.13 bits per heavy atom. The summed E-state index contributed by atoms with van der Waals surface area (Å²) in [5.41, 5.74) is 6.41. The molecule has 1 aromatic rings. The lowest BCUT2D eigenvalue weighted by molar-refractivity contribution is 0.577. The number of rotatable bonds is 4. The van der Waals surface area contributed by atoms with Crippen molar-refractivity contribution in [3.63, 3.8) is 0 Å². The molecule has 0 heterocycles. The van der Waals surface area contributed by atoms with Crippen LogP contribution in [0.25, 0.3) is 0 Å². The van der Waals surface area contributed by atoms with Gasteiger partial charge in [0, 0.05) is 32.9 Å². The van der Waals surface area contributed by atoms with Crippen molar-refractivity contribution in [3.05, 3.63) is 34.9 Å². The van der Waals surface area contributed by atoms with E-state index in [0.717, 1.165) is 5.56 Å². The second-order valence-corrected chi connectivity index (χ2v) is 6.24. The Morgan fingerprint density at radius 1 is 1.47 bits per heavy atom. The minimum atomic E-state index is -0.932. The SMILES string of the molecule is CC(C)(N)CS(=O)Cc1cccc(Cl)c1. The molecule has 1 aromatic carbocycles. The number of halogens is 1. The van der Waals surface area contributed by atoms with Gasteiger partial charge in [0.15, 0.2) is 0 Å². The van der Waals surface area contributed by atoms with Crippen molar-refractivity contribution in [2.45, 2.75) is 25.1 Å². The first-order valence-corrected chi connectivity index (χ1v) is 6.62. The van der Waals surface area contributed by atoms with E-state index in [2.05, 4.69) is 0 Å². The van der Waals surface area contributed by atoms with Crippen LogP contribution in [0.2, 0.25) is 5.02 Å². The Balaban J connectivity index is 2.59. The second kappa shape index (κ2) is 5.10. The molecule has 0 saturated heterocycles. The third-order valence-electron chi connectivity index (χ3n) is 1.75. The van der Waals surface area contributed by atoms with E-state index in [0.29, 0.717) is 16.5 Å². The number of benzene rings is 1. The van der Waals surface area contributed by atoms with Crippen LogP contribution < -0.4 is 5.73 Å². The normalized spacial score (nSPS) is 13.9. The van der Waals surface area contributed by atoms with Crippen molar-refractivity contribution in [1.82, 2.24) is 0 Å². The highest BCUT2D eigenvalue weighted by Gasteiger charge is 2.15. The predicted molar refractivity (Wildman–Crippen MR) is 66.4 cm³/mol. The van der Waals surface area contributed by atoms with Crippen molar-refractivity contribution < 1.29 is 4.21 Å². The van der Waals surface area contributed by atoms with Crippen LogP contribution in [-0.4, -0.2) is 15.5 Å². The summed E-state index contributed by atoms with van der Waals surface area (Å²) in [6.45, 7) is 3.76. The summed E-state index contributed by atoms with van der Waals surface area (Å²) in [6.07, 6.45) is 0. The van der Waals surface area contributed by atoms with Gasteiger partial charge in [-0.15, -0.1) is 0 Å². The fourth-order valence-electron chi connectivity index (χ4n) is 1.28. The molecule has 2 N–H and O–H groups in total. The van der Waals surface area contributed by atoms with Gasteiger partial charge in [-0.1, -0.05) is 23.7 Å². The van der Waals surface area contributed by atoms with Crippen LogP contribution in [0.1, 0.15) is 19.4 Å². The standard InChI is InChI=1S/C11H16ClNOS/c1-11(2,13)8-15(14)7-9-4-3-5-10(12)6-9/h3-6H,7-8,13H2,1-2H3. The average Bonchev–Trinajstić information content (AvgIpc) is 1.99. The fraction of sp³-hybridized carbons (Fsp3) is 0.455. The quantitative estimate of drug-likeness (QED) is 0.885. The van der Waals surface area contributed by atoms with Gasteiger partial charge in [0.25, 0.3) is 0 Å². The molecular weight excluding hydrogens is 230 g/mol. The zero-order valence-electron chi connectivity index (χ0n) is 9.00. The molecule has 0 aliphatic carbocycles. The van der Waals surface area contributed by atoms with Crippen LogP contribution in [0.5, 0.6) is 0 Å². The summed E-state index contributed by atoms with van der Waals surface area (Å²) in [4.78, 5) is 0. The van der Waals surface area contributed by atoms with E-state index in [1.165, 1.54) is 0 Å². The molecule has 1 rings (SSSR count). The maximum atomic E-state index is 11.7. The Hall–Kier alpha value is -0.380. The van der Waals surface area contributed by atoms with Crippen molar-refractivity contribution in [2.75, 3.05) is 5.75 Å². The van der Waals surface area contributed by atoms with E-state index < -0.39 is 10.8 Å². The maximum Gasteiger partial charge on any atom is 0.0486 e.